The van der Waals surface area contributed by atoms with Gasteiger partial charge in [-0.15, -0.1) is 0 Å². The van der Waals surface area contributed by atoms with Crippen molar-refractivity contribution in [2.75, 3.05) is 19.6 Å². The van der Waals surface area contributed by atoms with Crippen molar-refractivity contribution in [3.63, 3.8) is 0 Å². The fourth-order valence-electron chi connectivity index (χ4n) is 6.85. The summed E-state index contributed by atoms with van der Waals surface area (Å²) < 4.78 is 0. The van der Waals surface area contributed by atoms with Crippen LogP contribution < -0.4 is 43.8 Å². The first-order valence-corrected chi connectivity index (χ1v) is 19.9. The lowest BCUT2D eigenvalue weighted by Gasteiger charge is -2.29. The van der Waals surface area contributed by atoms with Gasteiger partial charge in [0.2, 0.25) is 29.5 Å². The zero-order valence-electron chi connectivity index (χ0n) is 32.5. The Hall–Kier alpha value is -5.44. The third-order valence-electron chi connectivity index (χ3n) is 10.0. The van der Waals surface area contributed by atoms with Crippen LogP contribution in [0.4, 0.5) is 0 Å². The third kappa shape index (κ3) is 14.5. The molecule has 0 aliphatic carbocycles. The van der Waals surface area contributed by atoms with Gasteiger partial charge in [-0.1, -0.05) is 91.0 Å². The van der Waals surface area contributed by atoms with Gasteiger partial charge in [0, 0.05) is 18.8 Å². The maximum Gasteiger partial charge on any atom is 0.243 e. The second-order valence-electron chi connectivity index (χ2n) is 14.5. The first-order valence-electron chi connectivity index (χ1n) is 19.9. The molecule has 0 spiro atoms. The van der Waals surface area contributed by atoms with Gasteiger partial charge in [-0.25, -0.2) is 0 Å². The maximum atomic E-state index is 14.5. The summed E-state index contributed by atoms with van der Waals surface area (Å²) in [5.41, 5.74) is 19.8. The van der Waals surface area contributed by atoms with Gasteiger partial charge >= 0.3 is 0 Å². The first-order chi connectivity index (χ1) is 27.6. The number of carbonyl (C=O) groups is 6. The van der Waals surface area contributed by atoms with Crippen molar-refractivity contribution < 1.29 is 28.8 Å². The monoisotopic (exact) mass is 782 g/mol. The number of nitrogens with two attached hydrogens (primary N) is 3. The van der Waals surface area contributed by atoms with E-state index in [4.69, 9.17) is 17.2 Å². The van der Waals surface area contributed by atoms with Gasteiger partial charge in [0.05, 0.1) is 6.04 Å². The van der Waals surface area contributed by atoms with Crippen LogP contribution >= 0.6 is 0 Å². The molecule has 57 heavy (non-hydrogen) atoms. The lowest BCUT2D eigenvalue weighted by molar-refractivity contribution is -0.137. The standard InChI is InChI=1S/C43H58N8O6/c44-22-10-19-33-40(54)48-34(20-11-23-45)41(55)49-35(21-12-24-46)42(56)51-37(27-31-17-8-3-9-18-31)43(57)50-36(26-30-15-6-2-7-16-30)38(52)28-32(39(53)47-33)25-29-13-4-1-5-14-29/h1-9,13-18,32-37H,10-12,19-28,44-46H2,(H,47,53)(H,48,54)(H,49,55)(H,50,57)(H,51,56)/t32-,33-,34+,35-,36-,37+/m1/s1. The van der Waals surface area contributed by atoms with E-state index in [-0.39, 0.29) is 64.6 Å². The van der Waals surface area contributed by atoms with E-state index in [1.165, 1.54) is 0 Å². The summed E-state index contributed by atoms with van der Waals surface area (Å²) in [6, 6.07) is 22.0. The average Bonchev–Trinajstić information content (AvgIpc) is 3.22. The molecule has 1 heterocycles. The molecule has 0 bridgehead atoms. The predicted octanol–water partition coefficient (Wildman–Crippen LogP) is 0.944. The van der Waals surface area contributed by atoms with Crippen molar-refractivity contribution in [3.05, 3.63) is 108 Å². The van der Waals surface area contributed by atoms with Crippen molar-refractivity contribution in [1.29, 1.82) is 0 Å². The highest BCUT2D eigenvalue weighted by molar-refractivity contribution is 5.98. The number of Topliss-reactive ketones (excluding diaryl/α,β-unsaturated/α-hetero) is 1. The van der Waals surface area contributed by atoms with Gasteiger partial charge in [0.1, 0.15) is 24.2 Å². The minimum atomic E-state index is -1.15. The smallest absolute Gasteiger partial charge is 0.243 e. The van der Waals surface area contributed by atoms with Crippen molar-refractivity contribution in [2.45, 2.75) is 94.4 Å². The topological polar surface area (TPSA) is 241 Å². The molecule has 0 saturated carbocycles. The van der Waals surface area contributed by atoms with Crippen molar-refractivity contribution in [2.24, 2.45) is 23.1 Å². The van der Waals surface area contributed by atoms with E-state index in [1.54, 1.807) is 0 Å². The van der Waals surface area contributed by atoms with Crippen LogP contribution in [0.2, 0.25) is 0 Å². The molecule has 1 aliphatic rings. The van der Waals surface area contributed by atoms with Crippen molar-refractivity contribution in [1.82, 2.24) is 26.6 Å². The molecule has 3 aromatic carbocycles. The Kier molecular flexibility index (Phi) is 18.3. The summed E-state index contributed by atoms with van der Waals surface area (Å²) in [6.07, 6.45) is 1.73. The molecule has 306 valence electrons. The zero-order chi connectivity index (χ0) is 41.0. The van der Waals surface area contributed by atoms with Crippen LogP contribution in [-0.4, -0.2) is 85.2 Å². The van der Waals surface area contributed by atoms with E-state index in [0.717, 1.165) is 16.7 Å². The van der Waals surface area contributed by atoms with Gasteiger partial charge < -0.3 is 43.8 Å². The van der Waals surface area contributed by atoms with Gasteiger partial charge in [0.15, 0.2) is 5.78 Å². The highest BCUT2D eigenvalue weighted by Gasteiger charge is 2.35. The Bertz CT molecular complexity index is 1700. The summed E-state index contributed by atoms with van der Waals surface area (Å²) >= 11 is 0. The number of ketones is 1. The average molecular weight is 783 g/mol. The molecule has 6 atom stereocenters. The molecule has 4 rings (SSSR count). The summed E-state index contributed by atoms with van der Waals surface area (Å²) in [4.78, 5) is 85.0. The SMILES string of the molecule is NCCC[C@@H]1NC(=O)[C@@H](CCCN)NC(=O)[C@H](Cc2ccccc2)CC(=O)[C@@H](Cc2ccccc2)NC(=O)[C@H](Cc2ccccc2)NC(=O)[C@@H](CCCN)NC1=O. The number of nitrogens with one attached hydrogen (secondary N) is 5. The highest BCUT2D eigenvalue weighted by Crippen LogP contribution is 2.18. The summed E-state index contributed by atoms with van der Waals surface area (Å²) in [7, 11) is 0. The molecule has 11 N–H and O–H groups in total. The van der Waals surface area contributed by atoms with Crippen LogP contribution in [0.3, 0.4) is 0 Å². The summed E-state index contributed by atoms with van der Waals surface area (Å²) in [5.74, 6) is -4.33. The van der Waals surface area contributed by atoms with Crippen LogP contribution in [0.1, 0.15) is 61.6 Å². The molecule has 5 amide bonds. The quantitative estimate of drug-likeness (QED) is 0.109. The van der Waals surface area contributed by atoms with Gasteiger partial charge in [-0.2, -0.15) is 0 Å². The van der Waals surface area contributed by atoms with E-state index in [9.17, 15) is 28.8 Å². The highest BCUT2D eigenvalue weighted by atomic mass is 16.2. The first kappa shape index (κ1) is 44.3. The fraction of sp³-hybridized carbons (Fsp3) is 0.442. The molecule has 3 aromatic rings. The minimum absolute atomic E-state index is 0.0840. The van der Waals surface area contributed by atoms with Gasteiger partial charge in [-0.3, -0.25) is 28.8 Å². The molecular formula is C43H58N8O6. The largest absolute Gasteiger partial charge is 0.344 e. The van der Waals surface area contributed by atoms with E-state index >= 15 is 0 Å². The second-order valence-corrected chi connectivity index (χ2v) is 14.5. The maximum absolute atomic E-state index is 14.5. The van der Waals surface area contributed by atoms with E-state index in [2.05, 4.69) is 26.6 Å². The van der Waals surface area contributed by atoms with Crippen molar-refractivity contribution >= 4 is 35.3 Å². The molecule has 14 nitrogen and oxygen atoms in total. The van der Waals surface area contributed by atoms with Crippen LogP contribution in [0.25, 0.3) is 0 Å². The third-order valence-corrected chi connectivity index (χ3v) is 10.0. The number of benzene rings is 3. The number of amides is 5. The van der Waals surface area contributed by atoms with E-state index < -0.39 is 71.4 Å². The Morgan fingerprint density at radius 1 is 0.404 bits per heavy atom. The predicted molar refractivity (Wildman–Crippen MR) is 218 cm³/mol. The molecule has 0 radical (unpaired) electrons. The Labute approximate surface area is 334 Å². The number of rotatable bonds is 15. The van der Waals surface area contributed by atoms with Gasteiger partial charge in [0.25, 0.3) is 0 Å². The van der Waals surface area contributed by atoms with Crippen LogP contribution in [0, 0.1) is 5.92 Å². The fourth-order valence-corrected chi connectivity index (χ4v) is 6.85. The molecule has 14 heteroatoms. The zero-order valence-corrected chi connectivity index (χ0v) is 32.5. The second kappa shape index (κ2) is 23.6. The molecule has 0 unspecified atom stereocenters. The Morgan fingerprint density at radius 2 is 0.719 bits per heavy atom. The molecule has 1 fully saturated rings. The molecule has 0 aromatic heterocycles. The summed E-state index contributed by atoms with van der Waals surface area (Å²) in [6.45, 7) is 0.714. The Morgan fingerprint density at radius 3 is 1.12 bits per heavy atom. The molecule has 1 saturated heterocycles. The van der Waals surface area contributed by atoms with Crippen LogP contribution in [0.5, 0.6) is 0 Å². The number of hydrogen-bond acceptors (Lipinski definition) is 9. The van der Waals surface area contributed by atoms with E-state index in [0.29, 0.717) is 19.3 Å². The molecular weight excluding hydrogens is 725 g/mol. The lowest BCUT2D eigenvalue weighted by Crippen LogP contribution is -2.60. The number of carbonyl (C=O) groups excluding carboxylic acids is 6. The van der Waals surface area contributed by atoms with Crippen LogP contribution in [0.15, 0.2) is 91.0 Å². The number of hydrogen-bond donors (Lipinski definition) is 8. The molecule has 1 aliphatic heterocycles. The minimum Gasteiger partial charge on any atom is -0.344 e. The van der Waals surface area contributed by atoms with Gasteiger partial charge in [-0.05, 0) is 87.7 Å². The Balaban J connectivity index is 1.80. The van der Waals surface area contributed by atoms with Crippen LogP contribution in [-0.2, 0) is 48.0 Å². The summed E-state index contributed by atoms with van der Waals surface area (Å²) in [5, 5.41) is 14.2. The van der Waals surface area contributed by atoms with E-state index in [1.807, 2.05) is 91.0 Å². The van der Waals surface area contributed by atoms with Crippen molar-refractivity contribution in [3.8, 4) is 0 Å². The normalized spacial score (nSPS) is 22.9. The lowest BCUT2D eigenvalue weighted by atomic mass is 9.89.